The molecule has 8 heteroatoms. The van der Waals surface area contributed by atoms with E-state index in [2.05, 4.69) is 10.3 Å². The number of nitriles is 1. The van der Waals surface area contributed by atoms with E-state index in [9.17, 15) is 8.42 Å². The third kappa shape index (κ3) is 3.77. The lowest BCUT2D eigenvalue weighted by molar-refractivity contribution is 0.603. The summed E-state index contributed by atoms with van der Waals surface area (Å²) in [6.45, 7) is 0. The number of halogens is 2. The summed E-state index contributed by atoms with van der Waals surface area (Å²) in [5.74, 6) is 0.364. The van der Waals surface area contributed by atoms with E-state index < -0.39 is 14.7 Å². The average Bonchev–Trinajstić information content (AvgIpc) is 2.50. The van der Waals surface area contributed by atoms with Crippen molar-refractivity contribution in [2.45, 2.75) is 4.90 Å². The summed E-state index contributed by atoms with van der Waals surface area (Å²) in [5.41, 5.74) is 0. The molecule has 1 heterocycles. The highest BCUT2D eigenvalue weighted by Gasteiger charge is 2.20. The van der Waals surface area contributed by atoms with Gasteiger partial charge in [-0.1, -0.05) is 23.2 Å². The minimum absolute atomic E-state index is 0.0180. The van der Waals surface area contributed by atoms with E-state index in [0.717, 1.165) is 6.20 Å². The van der Waals surface area contributed by atoms with Crippen molar-refractivity contribution in [1.82, 2.24) is 4.98 Å². The highest BCUT2D eigenvalue weighted by atomic mass is 35.5. The number of hydrogen-bond donors (Lipinski definition) is 1. The van der Waals surface area contributed by atoms with Crippen molar-refractivity contribution in [1.29, 1.82) is 5.26 Å². The summed E-state index contributed by atoms with van der Waals surface area (Å²) >= 11 is 11.4. The Bertz CT molecular complexity index is 839. The first-order chi connectivity index (χ1) is 10.4. The Morgan fingerprint density at radius 1 is 1.14 bits per heavy atom. The van der Waals surface area contributed by atoms with Gasteiger partial charge in [-0.15, -0.1) is 0 Å². The third-order valence-corrected chi connectivity index (χ3v) is 4.76. The molecule has 0 aliphatic carbocycles. The number of allylic oxidation sites excluding steroid dienone is 1. The monoisotopic (exact) mass is 353 g/mol. The lowest BCUT2D eigenvalue weighted by Crippen LogP contribution is -2.06. The number of nitrogens with zero attached hydrogens (tertiary/aromatic N) is 2. The van der Waals surface area contributed by atoms with Crippen LogP contribution < -0.4 is 5.32 Å². The van der Waals surface area contributed by atoms with Crippen LogP contribution >= 0.6 is 23.2 Å². The van der Waals surface area contributed by atoms with Crippen molar-refractivity contribution in [3.8, 4) is 6.07 Å². The Morgan fingerprint density at radius 2 is 1.77 bits per heavy atom. The summed E-state index contributed by atoms with van der Waals surface area (Å²) in [6, 6.07) is 10.4. The molecular weight excluding hydrogens is 345 g/mol. The van der Waals surface area contributed by atoms with Gasteiger partial charge in [0.15, 0.2) is 4.91 Å². The summed E-state index contributed by atoms with van der Waals surface area (Å²) in [6.07, 6.45) is 2.48. The molecular formula is C14H9Cl2N3O2S. The molecule has 2 aromatic rings. The second kappa shape index (κ2) is 6.79. The molecule has 1 aromatic heterocycles. The highest BCUT2D eigenvalue weighted by Crippen LogP contribution is 2.21. The Labute approximate surface area is 137 Å². The van der Waals surface area contributed by atoms with Crippen molar-refractivity contribution in [2.24, 2.45) is 0 Å². The van der Waals surface area contributed by atoms with Crippen LogP contribution in [-0.4, -0.2) is 13.4 Å². The largest absolute Gasteiger partial charge is 0.345 e. The van der Waals surface area contributed by atoms with Gasteiger partial charge in [0.05, 0.1) is 9.92 Å². The van der Waals surface area contributed by atoms with Crippen LogP contribution in [0.15, 0.2) is 58.6 Å². The highest BCUT2D eigenvalue weighted by molar-refractivity contribution is 7.95. The van der Waals surface area contributed by atoms with Gasteiger partial charge in [0.1, 0.15) is 11.9 Å². The summed E-state index contributed by atoms with van der Waals surface area (Å²) in [7, 11) is -3.92. The zero-order chi connectivity index (χ0) is 16.2. The Kier molecular flexibility index (Phi) is 5.03. The zero-order valence-corrected chi connectivity index (χ0v) is 13.3. The molecule has 112 valence electrons. The number of pyridine rings is 1. The van der Waals surface area contributed by atoms with E-state index in [1.54, 1.807) is 18.2 Å². The second-order valence-corrected chi connectivity index (χ2v) is 6.87. The topological polar surface area (TPSA) is 82.8 Å². The van der Waals surface area contributed by atoms with Crippen LogP contribution in [0.3, 0.4) is 0 Å². The molecule has 0 amide bonds. The molecule has 1 N–H and O–H groups in total. The Hall–Kier alpha value is -2.07. The van der Waals surface area contributed by atoms with E-state index >= 15 is 0 Å². The van der Waals surface area contributed by atoms with E-state index in [-0.39, 0.29) is 4.90 Å². The molecule has 0 saturated heterocycles. The predicted molar refractivity (Wildman–Crippen MR) is 85.2 cm³/mol. The molecule has 0 atom stereocenters. The molecule has 1 aromatic carbocycles. The first-order valence-corrected chi connectivity index (χ1v) is 8.16. The smallest absolute Gasteiger partial charge is 0.218 e. The van der Waals surface area contributed by atoms with Crippen LogP contribution in [0, 0.1) is 11.3 Å². The van der Waals surface area contributed by atoms with Gasteiger partial charge in [0, 0.05) is 17.4 Å². The Morgan fingerprint density at radius 3 is 2.32 bits per heavy atom. The number of anilines is 1. The fraction of sp³-hybridized carbons (Fsp3) is 0. The van der Waals surface area contributed by atoms with Crippen molar-refractivity contribution in [2.75, 3.05) is 5.32 Å². The van der Waals surface area contributed by atoms with Gasteiger partial charge in [-0.3, -0.25) is 0 Å². The molecule has 22 heavy (non-hydrogen) atoms. The molecule has 2 rings (SSSR count). The normalized spacial score (nSPS) is 11.8. The molecule has 0 aliphatic rings. The first kappa shape index (κ1) is 16.3. The zero-order valence-electron chi connectivity index (χ0n) is 11.0. The van der Waals surface area contributed by atoms with Crippen LogP contribution in [0.1, 0.15) is 0 Å². The molecule has 0 radical (unpaired) electrons. The molecule has 0 fully saturated rings. The van der Waals surface area contributed by atoms with E-state index in [1.165, 1.54) is 30.5 Å². The quantitative estimate of drug-likeness (QED) is 0.848. The Balaban J connectivity index is 2.30. The molecule has 0 aliphatic heterocycles. The number of sulfone groups is 1. The van der Waals surface area contributed by atoms with Gasteiger partial charge in [-0.05, 0) is 36.4 Å². The second-order valence-electron chi connectivity index (χ2n) is 4.08. The maximum absolute atomic E-state index is 12.3. The fourth-order valence-corrected chi connectivity index (χ4v) is 2.83. The van der Waals surface area contributed by atoms with Gasteiger partial charge in [0.2, 0.25) is 9.84 Å². The predicted octanol–water partition coefficient (Wildman–Crippen LogP) is 3.64. The third-order valence-electron chi connectivity index (χ3n) is 2.60. The minimum Gasteiger partial charge on any atom is -0.345 e. The number of benzene rings is 1. The molecule has 0 spiro atoms. The van der Waals surface area contributed by atoms with E-state index in [1.807, 2.05) is 0 Å². The lowest BCUT2D eigenvalue weighted by atomic mass is 10.4. The van der Waals surface area contributed by atoms with Gasteiger partial charge < -0.3 is 5.32 Å². The van der Waals surface area contributed by atoms with Crippen molar-refractivity contribution < 1.29 is 8.42 Å². The molecule has 0 unspecified atom stereocenters. The number of hydrogen-bond acceptors (Lipinski definition) is 5. The fourth-order valence-electron chi connectivity index (χ4n) is 1.51. The summed E-state index contributed by atoms with van der Waals surface area (Å²) in [4.78, 5) is 3.49. The standard InChI is InChI=1S/C14H9Cl2N3O2S/c15-10-1-4-12(5-2-10)22(20,21)13(7-17)9-19-14-6-3-11(16)8-18-14/h1-6,8-9H,(H,18,19)/b13-9+. The lowest BCUT2D eigenvalue weighted by Gasteiger charge is -2.04. The van der Waals surface area contributed by atoms with Crippen LogP contribution in [0.25, 0.3) is 0 Å². The summed E-state index contributed by atoms with van der Waals surface area (Å²) in [5, 5.41) is 12.6. The molecule has 5 nitrogen and oxygen atoms in total. The summed E-state index contributed by atoms with van der Waals surface area (Å²) < 4.78 is 24.7. The number of aromatic nitrogens is 1. The van der Waals surface area contributed by atoms with Crippen LogP contribution in [0.2, 0.25) is 10.0 Å². The maximum atomic E-state index is 12.3. The van der Waals surface area contributed by atoms with Gasteiger partial charge in [-0.25, -0.2) is 13.4 Å². The van der Waals surface area contributed by atoms with E-state index in [4.69, 9.17) is 28.5 Å². The molecule has 0 bridgehead atoms. The van der Waals surface area contributed by atoms with Crippen LogP contribution in [0.5, 0.6) is 0 Å². The van der Waals surface area contributed by atoms with Gasteiger partial charge in [-0.2, -0.15) is 5.26 Å². The SMILES string of the molecule is N#C/C(=C\Nc1ccc(Cl)cn1)S(=O)(=O)c1ccc(Cl)cc1. The number of rotatable bonds is 4. The average molecular weight is 354 g/mol. The van der Waals surface area contributed by atoms with E-state index in [0.29, 0.717) is 15.9 Å². The van der Waals surface area contributed by atoms with Gasteiger partial charge >= 0.3 is 0 Å². The maximum Gasteiger partial charge on any atom is 0.218 e. The van der Waals surface area contributed by atoms with Crippen molar-refractivity contribution in [3.63, 3.8) is 0 Å². The molecule has 0 saturated carbocycles. The van der Waals surface area contributed by atoms with Crippen LogP contribution in [-0.2, 0) is 9.84 Å². The van der Waals surface area contributed by atoms with Crippen LogP contribution in [0.4, 0.5) is 5.82 Å². The van der Waals surface area contributed by atoms with Crippen molar-refractivity contribution in [3.05, 3.63) is 63.7 Å². The minimum atomic E-state index is -3.92. The van der Waals surface area contributed by atoms with Gasteiger partial charge in [0.25, 0.3) is 0 Å². The van der Waals surface area contributed by atoms with Crippen molar-refractivity contribution >= 4 is 38.9 Å². The first-order valence-electron chi connectivity index (χ1n) is 5.92. The number of nitrogens with one attached hydrogen (secondary N) is 1.